The van der Waals surface area contributed by atoms with Gasteiger partial charge in [0.15, 0.2) is 10.7 Å². The predicted molar refractivity (Wildman–Crippen MR) is 167 cm³/mol. The Bertz CT molecular complexity index is 1460. The molecule has 16 heteroatoms. The predicted octanol–water partition coefficient (Wildman–Crippen LogP) is 4.69. The van der Waals surface area contributed by atoms with Crippen molar-refractivity contribution in [2.24, 2.45) is 5.92 Å². The molecule has 2 N–H and O–H groups in total. The Morgan fingerprint density at radius 1 is 1.23 bits per heavy atom. The van der Waals surface area contributed by atoms with Gasteiger partial charge < -0.3 is 28.9 Å². The molecule has 1 aliphatic rings. The number of ether oxygens (including phenoxy) is 2. The highest BCUT2D eigenvalue weighted by Crippen LogP contribution is 2.30. The Labute approximate surface area is 273 Å². The highest BCUT2D eigenvalue weighted by atomic mass is 32.2. The lowest BCUT2D eigenvalue weighted by molar-refractivity contribution is -0.149. The van der Waals surface area contributed by atoms with E-state index < -0.39 is 65.5 Å². The molecule has 0 spiro atoms. The van der Waals surface area contributed by atoms with E-state index >= 15 is 0 Å². The number of sulfonamides is 1. The number of fused-ring (bicyclic) bond motifs is 1. The Morgan fingerprint density at radius 3 is 2.55 bits per heavy atom. The van der Waals surface area contributed by atoms with Gasteiger partial charge in [0.2, 0.25) is 5.91 Å². The van der Waals surface area contributed by atoms with Gasteiger partial charge in [-0.2, -0.15) is 13.2 Å². The Hall–Kier alpha value is -3.37. The van der Waals surface area contributed by atoms with Crippen molar-refractivity contribution in [2.45, 2.75) is 96.0 Å². The van der Waals surface area contributed by atoms with Crippen molar-refractivity contribution in [1.29, 1.82) is 0 Å². The molecule has 1 aromatic carbocycles. The maximum atomic E-state index is 14.3. The number of aromatic nitrogens is 1. The molecule has 0 fully saturated rings. The normalized spacial score (nSPS) is 20.9. The third-order valence-electron chi connectivity index (χ3n) is 8.04. The number of hydrogen-bond donors (Lipinski definition) is 2. The first-order valence-electron chi connectivity index (χ1n) is 15.5. The zero-order chi connectivity index (χ0) is 35.1. The van der Waals surface area contributed by atoms with E-state index in [1.165, 1.54) is 48.9 Å². The number of hydrogen-bond acceptors (Lipinski definition) is 9. The van der Waals surface area contributed by atoms with E-state index in [0.29, 0.717) is 25.9 Å². The summed E-state index contributed by atoms with van der Waals surface area (Å²) in [6.07, 6.45) is -5.40. The van der Waals surface area contributed by atoms with Gasteiger partial charge in [-0.05, 0) is 65.2 Å². The van der Waals surface area contributed by atoms with Crippen LogP contribution in [0.4, 0.5) is 18.9 Å². The quantitative estimate of drug-likeness (QED) is 0.382. The average Bonchev–Trinajstić information content (AvgIpc) is 3.34. The molecular weight excluding hydrogens is 645 g/mol. The number of aryl methyl sites for hydroxylation is 2. The number of aliphatic hydroxyl groups excluding tert-OH is 1. The van der Waals surface area contributed by atoms with Crippen LogP contribution in [0.1, 0.15) is 74.7 Å². The summed E-state index contributed by atoms with van der Waals surface area (Å²) in [5, 5.41) is 13.8. The number of nitrogens with zero attached hydrogens (tertiary/aromatic N) is 3. The van der Waals surface area contributed by atoms with E-state index in [1.54, 1.807) is 13.8 Å². The summed E-state index contributed by atoms with van der Waals surface area (Å²) in [7, 11) is -2.72. The maximum Gasteiger partial charge on any atom is 0.389 e. The van der Waals surface area contributed by atoms with Crippen LogP contribution in [-0.2, 0) is 19.6 Å². The third kappa shape index (κ3) is 10.6. The average molecular weight is 691 g/mol. The summed E-state index contributed by atoms with van der Waals surface area (Å²) in [5.41, 5.74) is 0.305. The minimum absolute atomic E-state index is 0.00285. The first-order valence-corrected chi connectivity index (χ1v) is 17.0. The maximum absolute atomic E-state index is 14.3. The Kier molecular flexibility index (Phi) is 13.1. The number of rotatable bonds is 9. The van der Waals surface area contributed by atoms with Crippen LogP contribution >= 0.6 is 0 Å². The first kappa shape index (κ1) is 38.1. The van der Waals surface area contributed by atoms with Crippen LogP contribution in [0.15, 0.2) is 27.6 Å². The van der Waals surface area contributed by atoms with Crippen LogP contribution in [0.5, 0.6) is 5.75 Å². The van der Waals surface area contributed by atoms with Crippen LogP contribution in [-0.4, -0.2) is 98.1 Å². The molecule has 12 nitrogen and oxygen atoms in total. The molecule has 0 saturated heterocycles. The highest BCUT2D eigenvalue weighted by molar-refractivity contribution is 7.92. The van der Waals surface area contributed by atoms with E-state index in [0.717, 1.165) is 0 Å². The van der Waals surface area contributed by atoms with E-state index in [-0.39, 0.29) is 52.5 Å². The van der Waals surface area contributed by atoms with E-state index in [4.69, 9.17) is 14.0 Å². The van der Waals surface area contributed by atoms with E-state index in [1.807, 2.05) is 6.92 Å². The van der Waals surface area contributed by atoms with Crippen molar-refractivity contribution in [3.63, 3.8) is 0 Å². The zero-order valence-corrected chi connectivity index (χ0v) is 28.4. The molecule has 3 rings (SSSR count). The second-order valence-electron chi connectivity index (χ2n) is 12.2. The summed E-state index contributed by atoms with van der Waals surface area (Å²) in [6.45, 7) is 8.21. The minimum atomic E-state index is -4.46. The zero-order valence-electron chi connectivity index (χ0n) is 27.6. The molecule has 2 heterocycles. The molecule has 47 heavy (non-hydrogen) atoms. The van der Waals surface area contributed by atoms with Crippen molar-refractivity contribution >= 4 is 27.5 Å². The van der Waals surface area contributed by atoms with Gasteiger partial charge in [-0.3, -0.25) is 14.3 Å². The molecule has 0 saturated carbocycles. The first-order chi connectivity index (χ1) is 21.9. The third-order valence-corrected chi connectivity index (χ3v) is 9.67. The molecule has 1 aromatic heterocycles. The standard InChI is InChI=1S/C31H45F3N4O8S/c1-19-16-38(20(2)18-39)30(41)25-15-24(36-47(42,43)29-22(4)35-46-23(29)5)10-11-26(25)45-21(3)9-7-8-14-44-27(19)17-37(6)28(40)12-13-31(32,33)34/h10-11,15,19-21,27,36,39H,7-9,12-14,16-18H2,1-6H3/t19-,20+,21+,27-/m0/s1. The molecule has 0 unspecified atom stereocenters. The summed E-state index contributed by atoms with van der Waals surface area (Å²) < 4.78 is 84.5. The van der Waals surface area contributed by atoms with Crippen molar-refractivity contribution in [3.8, 4) is 5.75 Å². The number of carbonyl (C=O) groups is 2. The number of amides is 2. The van der Waals surface area contributed by atoms with Gasteiger partial charge in [0.25, 0.3) is 15.9 Å². The number of anilines is 1. The van der Waals surface area contributed by atoms with Crippen LogP contribution in [0.25, 0.3) is 0 Å². The number of alkyl halides is 3. The van der Waals surface area contributed by atoms with Gasteiger partial charge in [-0.1, -0.05) is 12.1 Å². The number of benzene rings is 1. The molecule has 1 aliphatic heterocycles. The van der Waals surface area contributed by atoms with Crippen molar-refractivity contribution < 1.29 is 50.3 Å². The van der Waals surface area contributed by atoms with Crippen molar-refractivity contribution in [3.05, 3.63) is 35.2 Å². The second-order valence-corrected chi connectivity index (χ2v) is 13.8. The molecule has 0 aliphatic carbocycles. The van der Waals surface area contributed by atoms with Gasteiger partial charge >= 0.3 is 6.18 Å². The topological polar surface area (TPSA) is 152 Å². The largest absolute Gasteiger partial charge is 0.490 e. The number of likely N-dealkylation sites (N-methyl/N-ethyl adjacent to an activating group) is 1. The number of halogens is 3. The molecule has 0 bridgehead atoms. The Balaban J connectivity index is 1.97. The van der Waals surface area contributed by atoms with Gasteiger partial charge in [-0.25, -0.2) is 8.42 Å². The lowest BCUT2D eigenvalue weighted by atomic mass is 10.0. The number of aliphatic hydroxyl groups is 1. The van der Waals surface area contributed by atoms with Gasteiger partial charge in [0, 0.05) is 44.8 Å². The van der Waals surface area contributed by atoms with Gasteiger partial charge in [-0.15, -0.1) is 0 Å². The molecule has 4 atom stereocenters. The highest BCUT2D eigenvalue weighted by Gasteiger charge is 2.33. The fourth-order valence-corrected chi connectivity index (χ4v) is 6.71. The summed E-state index contributed by atoms with van der Waals surface area (Å²) >= 11 is 0. The molecular formula is C31H45F3N4O8S. The molecule has 0 radical (unpaired) electrons. The van der Waals surface area contributed by atoms with E-state index in [9.17, 15) is 36.3 Å². The van der Waals surface area contributed by atoms with Crippen LogP contribution in [0.2, 0.25) is 0 Å². The monoisotopic (exact) mass is 690 g/mol. The summed E-state index contributed by atoms with van der Waals surface area (Å²) in [5.74, 6) is -1.34. The Morgan fingerprint density at radius 2 is 1.94 bits per heavy atom. The minimum Gasteiger partial charge on any atom is -0.490 e. The smallest absolute Gasteiger partial charge is 0.389 e. The number of carbonyl (C=O) groups excluding carboxylic acids is 2. The van der Waals surface area contributed by atoms with Crippen molar-refractivity contribution in [2.75, 3.05) is 38.1 Å². The van der Waals surface area contributed by atoms with Crippen LogP contribution in [0.3, 0.4) is 0 Å². The second kappa shape index (κ2) is 16.2. The fraction of sp³-hybridized carbons (Fsp3) is 0.645. The van der Waals surface area contributed by atoms with Gasteiger partial charge in [0.1, 0.15) is 11.4 Å². The lowest BCUT2D eigenvalue weighted by Gasteiger charge is -2.36. The van der Waals surface area contributed by atoms with Crippen molar-refractivity contribution in [1.82, 2.24) is 15.0 Å². The molecule has 2 amide bonds. The lowest BCUT2D eigenvalue weighted by Crippen LogP contribution is -2.48. The SMILES string of the molecule is Cc1noc(C)c1S(=O)(=O)Nc1ccc2c(c1)C(=O)N([C@H](C)CO)C[C@H](C)[C@H](CN(C)C(=O)CCC(F)(F)F)OCCCC[C@@H](C)O2. The number of nitrogens with one attached hydrogen (secondary N) is 1. The van der Waals surface area contributed by atoms with Gasteiger partial charge in [0.05, 0.1) is 36.8 Å². The van der Waals surface area contributed by atoms with Crippen LogP contribution < -0.4 is 9.46 Å². The van der Waals surface area contributed by atoms with E-state index in [2.05, 4.69) is 9.88 Å². The summed E-state index contributed by atoms with van der Waals surface area (Å²) in [6, 6.07) is 3.67. The summed E-state index contributed by atoms with van der Waals surface area (Å²) in [4.78, 5) is 29.3. The van der Waals surface area contributed by atoms with Crippen LogP contribution in [0, 0.1) is 19.8 Å². The molecule has 264 valence electrons. The molecule has 2 aromatic rings. The fourth-order valence-electron chi connectivity index (χ4n) is 5.32.